The van der Waals surface area contributed by atoms with Gasteiger partial charge in [-0.25, -0.2) is 4.79 Å². The Morgan fingerprint density at radius 3 is 2.48 bits per heavy atom. The van der Waals surface area contributed by atoms with Gasteiger partial charge in [-0.05, 0) is 31.6 Å². The van der Waals surface area contributed by atoms with Crippen LogP contribution in [0.4, 0.5) is 4.79 Å². The normalized spacial score (nSPS) is 36.6. The second-order valence-corrected chi connectivity index (χ2v) is 7.58. The van der Waals surface area contributed by atoms with Crippen molar-refractivity contribution in [3.63, 3.8) is 0 Å². The molecule has 6 nitrogen and oxygen atoms in total. The molecule has 23 heavy (non-hydrogen) atoms. The van der Waals surface area contributed by atoms with E-state index in [4.69, 9.17) is 14.2 Å². The van der Waals surface area contributed by atoms with Crippen LogP contribution in [0.15, 0.2) is 0 Å². The largest absolute Gasteiger partial charge is 0.450 e. The summed E-state index contributed by atoms with van der Waals surface area (Å²) in [7, 11) is 0. The summed E-state index contributed by atoms with van der Waals surface area (Å²) >= 11 is 0. The van der Waals surface area contributed by atoms with Gasteiger partial charge in [-0.3, -0.25) is 4.90 Å². The van der Waals surface area contributed by atoms with Gasteiger partial charge in [0.05, 0.1) is 19.8 Å². The van der Waals surface area contributed by atoms with Crippen LogP contribution in [0.3, 0.4) is 0 Å². The quantitative estimate of drug-likeness (QED) is 0.776. The SMILES string of the molecule is CCOC(=O)N1CCC2(CC(N3CCC4(CC3)OCCO4)C2)C1. The number of likely N-dealkylation sites (tertiary alicyclic amines) is 2. The summed E-state index contributed by atoms with van der Waals surface area (Å²) in [5, 5.41) is 0. The lowest BCUT2D eigenvalue weighted by Gasteiger charge is -2.52. The second-order valence-electron chi connectivity index (χ2n) is 7.58. The average Bonchev–Trinajstić information content (AvgIpc) is 3.15. The first-order chi connectivity index (χ1) is 11.1. The molecule has 3 heterocycles. The molecule has 4 aliphatic rings. The molecule has 0 atom stereocenters. The van der Waals surface area contributed by atoms with Crippen LogP contribution in [0, 0.1) is 5.41 Å². The van der Waals surface area contributed by atoms with Gasteiger partial charge >= 0.3 is 6.09 Å². The van der Waals surface area contributed by atoms with E-state index in [9.17, 15) is 4.79 Å². The first-order valence-corrected chi connectivity index (χ1v) is 9.07. The van der Waals surface area contributed by atoms with E-state index in [1.54, 1.807) is 0 Å². The Hall–Kier alpha value is -0.850. The van der Waals surface area contributed by atoms with E-state index in [2.05, 4.69) is 4.90 Å². The third kappa shape index (κ3) is 2.85. The lowest BCUT2D eigenvalue weighted by atomic mass is 9.64. The number of carbonyl (C=O) groups excluding carboxylic acids is 1. The third-order valence-corrected chi connectivity index (χ3v) is 6.19. The Bertz CT molecular complexity index is 448. The maximum absolute atomic E-state index is 11.9. The molecule has 0 unspecified atom stereocenters. The summed E-state index contributed by atoms with van der Waals surface area (Å²) < 4.78 is 16.8. The van der Waals surface area contributed by atoms with Crippen molar-refractivity contribution in [2.24, 2.45) is 5.41 Å². The van der Waals surface area contributed by atoms with Crippen molar-refractivity contribution in [3.8, 4) is 0 Å². The van der Waals surface area contributed by atoms with Gasteiger partial charge in [-0.1, -0.05) is 0 Å². The molecular weight excluding hydrogens is 296 g/mol. The Labute approximate surface area is 138 Å². The van der Waals surface area contributed by atoms with Crippen LogP contribution >= 0.6 is 0 Å². The van der Waals surface area contributed by atoms with E-state index in [-0.39, 0.29) is 11.9 Å². The zero-order valence-electron chi connectivity index (χ0n) is 14.1. The van der Waals surface area contributed by atoms with Crippen LogP contribution < -0.4 is 0 Å². The van der Waals surface area contributed by atoms with Crippen LogP contribution in [0.5, 0.6) is 0 Å². The van der Waals surface area contributed by atoms with Crippen LogP contribution in [0.2, 0.25) is 0 Å². The number of hydrogen-bond acceptors (Lipinski definition) is 5. The number of piperidine rings is 1. The Balaban J connectivity index is 1.25. The van der Waals surface area contributed by atoms with Crippen molar-refractivity contribution in [1.82, 2.24) is 9.80 Å². The smallest absolute Gasteiger partial charge is 0.409 e. The van der Waals surface area contributed by atoms with Crippen molar-refractivity contribution >= 4 is 6.09 Å². The molecular formula is C17H28N2O4. The predicted molar refractivity (Wildman–Crippen MR) is 84.1 cm³/mol. The van der Waals surface area contributed by atoms with E-state index in [0.717, 1.165) is 58.7 Å². The maximum Gasteiger partial charge on any atom is 0.409 e. The van der Waals surface area contributed by atoms with Gasteiger partial charge in [-0.2, -0.15) is 0 Å². The maximum atomic E-state index is 11.9. The standard InChI is InChI=1S/C17H28N2O4/c1-2-21-15(20)19-6-3-16(13-19)11-14(12-16)18-7-4-17(5-8-18)22-9-10-23-17/h14H,2-13H2,1H3. The predicted octanol–water partition coefficient (Wildman–Crippen LogP) is 1.84. The highest BCUT2D eigenvalue weighted by Crippen LogP contribution is 2.51. The van der Waals surface area contributed by atoms with Crippen LogP contribution in [-0.2, 0) is 14.2 Å². The number of nitrogens with zero attached hydrogens (tertiary/aromatic N) is 2. The van der Waals surface area contributed by atoms with Crippen LogP contribution in [-0.4, -0.2) is 73.7 Å². The molecule has 0 aromatic carbocycles. The first kappa shape index (κ1) is 15.7. The number of carbonyl (C=O) groups is 1. The minimum atomic E-state index is -0.272. The van der Waals surface area contributed by atoms with Gasteiger partial charge in [0, 0.05) is 45.1 Å². The molecule has 1 aliphatic carbocycles. The number of amides is 1. The van der Waals surface area contributed by atoms with Crippen molar-refractivity contribution in [2.45, 2.75) is 50.9 Å². The first-order valence-electron chi connectivity index (χ1n) is 9.07. The van der Waals surface area contributed by atoms with Gasteiger partial charge in [-0.15, -0.1) is 0 Å². The Morgan fingerprint density at radius 2 is 1.83 bits per heavy atom. The van der Waals surface area contributed by atoms with Crippen molar-refractivity contribution in [3.05, 3.63) is 0 Å². The van der Waals surface area contributed by atoms with Gasteiger partial charge in [0.15, 0.2) is 5.79 Å². The summed E-state index contributed by atoms with van der Waals surface area (Å²) in [4.78, 5) is 16.4. The molecule has 130 valence electrons. The minimum Gasteiger partial charge on any atom is -0.450 e. The Morgan fingerprint density at radius 1 is 1.13 bits per heavy atom. The van der Waals surface area contributed by atoms with Gasteiger partial charge < -0.3 is 19.1 Å². The second kappa shape index (κ2) is 5.90. The number of hydrogen-bond donors (Lipinski definition) is 0. The lowest BCUT2D eigenvalue weighted by molar-refractivity contribution is -0.192. The van der Waals surface area contributed by atoms with Crippen molar-refractivity contribution in [2.75, 3.05) is 46.0 Å². The third-order valence-electron chi connectivity index (χ3n) is 6.19. The molecule has 4 fully saturated rings. The monoisotopic (exact) mass is 324 g/mol. The lowest BCUT2D eigenvalue weighted by Crippen LogP contribution is -2.56. The summed E-state index contributed by atoms with van der Waals surface area (Å²) in [5.74, 6) is -0.272. The minimum absolute atomic E-state index is 0.136. The summed E-state index contributed by atoms with van der Waals surface area (Å²) in [5.41, 5.74) is 0.354. The number of ether oxygens (including phenoxy) is 3. The molecule has 1 amide bonds. The molecule has 6 heteroatoms. The molecule has 0 N–H and O–H groups in total. The zero-order valence-corrected chi connectivity index (χ0v) is 14.1. The molecule has 0 radical (unpaired) electrons. The highest BCUT2D eigenvalue weighted by atomic mass is 16.7. The van der Waals surface area contributed by atoms with E-state index < -0.39 is 0 Å². The summed E-state index contributed by atoms with van der Waals surface area (Å²) in [6, 6.07) is 0.677. The average molecular weight is 324 g/mol. The molecule has 0 bridgehead atoms. The van der Waals surface area contributed by atoms with Crippen molar-refractivity contribution in [1.29, 1.82) is 0 Å². The number of rotatable bonds is 2. The van der Waals surface area contributed by atoms with Gasteiger partial charge in [0.1, 0.15) is 0 Å². The fraction of sp³-hybridized carbons (Fsp3) is 0.941. The van der Waals surface area contributed by atoms with E-state index in [0.29, 0.717) is 18.1 Å². The molecule has 4 rings (SSSR count). The highest BCUT2D eigenvalue weighted by molar-refractivity contribution is 5.68. The molecule has 1 saturated carbocycles. The fourth-order valence-corrected chi connectivity index (χ4v) is 4.85. The molecule has 0 aromatic heterocycles. The molecule has 3 aliphatic heterocycles. The summed E-state index contributed by atoms with van der Waals surface area (Å²) in [6.45, 7) is 7.70. The van der Waals surface area contributed by atoms with Gasteiger partial charge in [0.2, 0.25) is 0 Å². The Kier molecular flexibility index (Phi) is 4.02. The van der Waals surface area contributed by atoms with E-state index >= 15 is 0 Å². The molecule has 3 saturated heterocycles. The van der Waals surface area contributed by atoms with E-state index in [1.807, 2.05) is 11.8 Å². The fourth-order valence-electron chi connectivity index (χ4n) is 4.85. The van der Waals surface area contributed by atoms with Crippen LogP contribution in [0.1, 0.15) is 39.0 Å². The molecule has 2 spiro atoms. The highest BCUT2D eigenvalue weighted by Gasteiger charge is 2.52. The topological polar surface area (TPSA) is 51.2 Å². The van der Waals surface area contributed by atoms with Gasteiger partial charge in [0.25, 0.3) is 0 Å². The van der Waals surface area contributed by atoms with Crippen LogP contribution in [0.25, 0.3) is 0 Å². The van der Waals surface area contributed by atoms with Crippen molar-refractivity contribution < 1.29 is 19.0 Å². The summed E-state index contributed by atoms with van der Waals surface area (Å²) in [6.07, 6.45) is 5.42. The van der Waals surface area contributed by atoms with E-state index in [1.165, 1.54) is 12.8 Å². The zero-order chi connectivity index (χ0) is 15.9. The molecule has 0 aromatic rings.